The van der Waals surface area contributed by atoms with Crippen molar-refractivity contribution in [2.75, 3.05) is 25.1 Å². The van der Waals surface area contributed by atoms with Crippen LogP contribution in [0.3, 0.4) is 0 Å². The van der Waals surface area contributed by atoms with Crippen LogP contribution in [0.2, 0.25) is 0 Å². The van der Waals surface area contributed by atoms with E-state index in [1.807, 2.05) is 0 Å². The molecule has 1 atom stereocenters. The van der Waals surface area contributed by atoms with Crippen LogP contribution in [0.5, 0.6) is 0 Å². The number of piperidine rings is 1. The highest BCUT2D eigenvalue weighted by Crippen LogP contribution is 2.26. The van der Waals surface area contributed by atoms with E-state index >= 15 is 0 Å². The second-order valence-corrected chi connectivity index (χ2v) is 4.82. The molecule has 1 aromatic carbocycles. The quantitative estimate of drug-likeness (QED) is 0.860. The molecule has 0 bridgehead atoms. The van der Waals surface area contributed by atoms with Gasteiger partial charge in [-0.05, 0) is 37.1 Å². The summed E-state index contributed by atoms with van der Waals surface area (Å²) in [5.41, 5.74) is 1.41. The van der Waals surface area contributed by atoms with Crippen LogP contribution in [-0.4, -0.2) is 37.4 Å². The molecule has 0 radical (unpaired) electrons. The normalized spacial score (nSPS) is 19.5. The summed E-state index contributed by atoms with van der Waals surface area (Å²) in [6, 6.07) is 4.43. The Morgan fingerprint density at radius 1 is 1.55 bits per heavy atom. The van der Waals surface area contributed by atoms with Crippen molar-refractivity contribution in [3.8, 4) is 0 Å². The fourth-order valence-corrected chi connectivity index (χ4v) is 2.46. The lowest BCUT2D eigenvalue weighted by molar-refractivity contribution is -0.131. The van der Waals surface area contributed by atoms with E-state index in [0.29, 0.717) is 5.56 Å². The largest absolute Gasteiger partial charge is 0.478 e. The molecule has 5 heteroatoms. The third kappa shape index (κ3) is 3.57. The van der Waals surface area contributed by atoms with Gasteiger partial charge < -0.3 is 14.7 Å². The zero-order chi connectivity index (χ0) is 14.5. The second kappa shape index (κ2) is 6.52. The highest BCUT2D eigenvalue weighted by molar-refractivity contribution is 5.87. The van der Waals surface area contributed by atoms with E-state index in [0.717, 1.165) is 37.7 Å². The zero-order valence-electron chi connectivity index (χ0n) is 11.4. The summed E-state index contributed by atoms with van der Waals surface area (Å²) in [7, 11) is 1.68. The molecular formula is C15H18FNO3. The first-order chi connectivity index (χ1) is 9.60. The fraction of sp³-hybridized carbons (Fsp3) is 0.400. The highest BCUT2D eigenvalue weighted by Gasteiger charge is 2.21. The third-order valence-electron chi connectivity index (χ3n) is 3.45. The minimum absolute atomic E-state index is 0.158. The van der Waals surface area contributed by atoms with Crippen molar-refractivity contribution in [2.24, 2.45) is 0 Å². The molecule has 1 fully saturated rings. The van der Waals surface area contributed by atoms with Crippen molar-refractivity contribution in [1.29, 1.82) is 0 Å². The van der Waals surface area contributed by atoms with Crippen LogP contribution in [0.1, 0.15) is 18.4 Å². The van der Waals surface area contributed by atoms with E-state index < -0.39 is 5.97 Å². The van der Waals surface area contributed by atoms with E-state index in [4.69, 9.17) is 9.84 Å². The molecule has 1 saturated heterocycles. The molecule has 4 nitrogen and oxygen atoms in total. The van der Waals surface area contributed by atoms with E-state index in [2.05, 4.69) is 4.90 Å². The predicted molar refractivity (Wildman–Crippen MR) is 75.3 cm³/mol. The molecular weight excluding hydrogens is 261 g/mol. The summed E-state index contributed by atoms with van der Waals surface area (Å²) in [4.78, 5) is 12.7. The van der Waals surface area contributed by atoms with Gasteiger partial charge in [0.2, 0.25) is 0 Å². The molecule has 108 valence electrons. The maximum Gasteiger partial charge on any atom is 0.328 e. The second-order valence-electron chi connectivity index (χ2n) is 4.82. The van der Waals surface area contributed by atoms with Gasteiger partial charge in [0.25, 0.3) is 0 Å². The van der Waals surface area contributed by atoms with Gasteiger partial charge in [-0.15, -0.1) is 0 Å². The molecule has 0 saturated carbocycles. The average Bonchev–Trinajstić information content (AvgIpc) is 2.45. The van der Waals surface area contributed by atoms with Crippen molar-refractivity contribution < 1.29 is 19.0 Å². The van der Waals surface area contributed by atoms with Crippen molar-refractivity contribution in [3.05, 3.63) is 35.7 Å². The van der Waals surface area contributed by atoms with Gasteiger partial charge in [0.05, 0.1) is 6.10 Å². The Morgan fingerprint density at radius 3 is 3.05 bits per heavy atom. The number of rotatable bonds is 4. The molecule has 1 heterocycles. The summed E-state index contributed by atoms with van der Waals surface area (Å²) < 4.78 is 18.7. The van der Waals surface area contributed by atoms with Gasteiger partial charge in [0, 0.05) is 37.5 Å². The monoisotopic (exact) mass is 279 g/mol. The Hall–Kier alpha value is -1.88. The van der Waals surface area contributed by atoms with Gasteiger partial charge >= 0.3 is 5.97 Å². The topological polar surface area (TPSA) is 49.8 Å². The summed E-state index contributed by atoms with van der Waals surface area (Å²) in [5.74, 6) is -1.42. The lowest BCUT2D eigenvalue weighted by atomic mass is 10.0. The van der Waals surface area contributed by atoms with Gasteiger partial charge in [-0.2, -0.15) is 0 Å². The Balaban J connectivity index is 2.28. The number of nitrogens with zero attached hydrogens (tertiary/aromatic N) is 1. The van der Waals surface area contributed by atoms with Crippen molar-refractivity contribution >= 4 is 17.7 Å². The summed E-state index contributed by atoms with van der Waals surface area (Å²) in [6.45, 7) is 1.59. The summed E-state index contributed by atoms with van der Waals surface area (Å²) >= 11 is 0. The maximum absolute atomic E-state index is 13.4. The molecule has 20 heavy (non-hydrogen) atoms. The molecule has 1 unspecified atom stereocenters. The maximum atomic E-state index is 13.4. The third-order valence-corrected chi connectivity index (χ3v) is 3.45. The standard InChI is InChI=1S/C15H18FNO3/c1-20-13-3-2-8-17(10-13)14-6-5-12(16)9-11(14)4-7-15(18)19/h4-7,9,13H,2-3,8,10H2,1H3,(H,18,19)/b7-4+. The van der Waals surface area contributed by atoms with Crippen LogP contribution in [0, 0.1) is 5.82 Å². The Bertz CT molecular complexity index is 516. The number of hydrogen-bond donors (Lipinski definition) is 1. The number of anilines is 1. The lowest BCUT2D eigenvalue weighted by Crippen LogP contribution is -2.39. The number of carboxylic acids is 1. The molecule has 0 aromatic heterocycles. The number of ether oxygens (including phenoxy) is 1. The van der Waals surface area contributed by atoms with E-state index in [9.17, 15) is 9.18 Å². The molecule has 0 amide bonds. The van der Waals surface area contributed by atoms with Crippen molar-refractivity contribution in [3.63, 3.8) is 0 Å². The summed E-state index contributed by atoms with van der Waals surface area (Å²) in [6.07, 6.45) is 4.62. The van der Waals surface area contributed by atoms with Crippen molar-refractivity contribution in [2.45, 2.75) is 18.9 Å². The highest BCUT2D eigenvalue weighted by atomic mass is 19.1. The molecule has 1 aliphatic heterocycles. The minimum Gasteiger partial charge on any atom is -0.478 e. The van der Waals surface area contributed by atoms with E-state index in [1.54, 1.807) is 13.2 Å². The molecule has 2 rings (SSSR count). The van der Waals surface area contributed by atoms with Crippen LogP contribution >= 0.6 is 0 Å². The van der Waals surface area contributed by atoms with Gasteiger partial charge in [0.15, 0.2) is 0 Å². The van der Waals surface area contributed by atoms with Crippen LogP contribution < -0.4 is 4.90 Å². The van der Waals surface area contributed by atoms with Crippen LogP contribution in [-0.2, 0) is 9.53 Å². The number of hydrogen-bond acceptors (Lipinski definition) is 3. The van der Waals surface area contributed by atoms with Crippen LogP contribution in [0.4, 0.5) is 10.1 Å². The number of benzene rings is 1. The number of carboxylic acid groups (broad SMARTS) is 1. The molecule has 1 N–H and O–H groups in total. The first kappa shape index (κ1) is 14.5. The molecule has 1 aromatic rings. The van der Waals surface area contributed by atoms with Gasteiger partial charge in [-0.25, -0.2) is 9.18 Å². The molecule has 0 spiro atoms. The SMILES string of the molecule is COC1CCCN(c2ccc(F)cc2/C=C/C(=O)O)C1. The molecule has 1 aliphatic rings. The van der Waals surface area contributed by atoms with E-state index in [-0.39, 0.29) is 11.9 Å². The summed E-state index contributed by atoms with van der Waals surface area (Å²) in [5, 5.41) is 8.71. The number of carbonyl (C=O) groups is 1. The first-order valence-electron chi connectivity index (χ1n) is 6.58. The average molecular weight is 279 g/mol. The Labute approximate surface area is 117 Å². The Kier molecular flexibility index (Phi) is 4.74. The van der Waals surface area contributed by atoms with Gasteiger partial charge in [0.1, 0.15) is 5.82 Å². The number of halogens is 1. The van der Waals surface area contributed by atoms with Gasteiger partial charge in [-0.1, -0.05) is 0 Å². The van der Waals surface area contributed by atoms with Crippen LogP contribution in [0.15, 0.2) is 24.3 Å². The zero-order valence-corrected chi connectivity index (χ0v) is 11.4. The fourth-order valence-electron chi connectivity index (χ4n) is 2.46. The van der Waals surface area contributed by atoms with Crippen molar-refractivity contribution in [1.82, 2.24) is 0 Å². The van der Waals surface area contributed by atoms with E-state index in [1.165, 1.54) is 18.2 Å². The number of methoxy groups -OCH3 is 1. The molecule has 0 aliphatic carbocycles. The predicted octanol–water partition coefficient (Wildman–Crippen LogP) is 2.54. The van der Waals surface area contributed by atoms with Gasteiger partial charge in [-0.3, -0.25) is 0 Å². The lowest BCUT2D eigenvalue weighted by Gasteiger charge is -2.34. The smallest absolute Gasteiger partial charge is 0.328 e. The van der Waals surface area contributed by atoms with Crippen LogP contribution in [0.25, 0.3) is 6.08 Å². The Morgan fingerprint density at radius 2 is 2.35 bits per heavy atom. The minimum atomic E-state index is -1.05. The number of aliphatic carboxylic acids is 1. The first-order valence-corrected chi connectivity index (χ1v) is 6.58.